The average molecular weight is 239 g/mol. The van der Waals surface area contributed by atoms with E-state index in [2.05, 4.69) is 10.4 Å². The average Bonchev–Trinajstić information content (AvgIpc) is 2.73. The van der Waals surface area contributed by atoms with Crippen LogP contribution in [0.4, 0.5) is 0 Å². The van der Waals surface area contributed by atoms with E-state index in [0.29, 0.717) is 26.1 Å². The molecule has 0 aliphatic carbocycles. The zero-order chi connectivity index (χ0) is 12.5. The Morgan fingerprint density at radius 1 is 1.71 bits per heavy atom. The third-order valence-electron chi connectivity index (χ3n) is 3.50. The first-order valence-corrected chi connectivity index (χ1v) is 6.05. The van der Waals surface area contributed by atoms with Gasteiger partial charge in [0.25, 0.3) is 0 Å². The molecule has 0 aromatic carbocycles. The van der Waals surface area contributed by atoms with Crippen LogP contribution < -0.4 is 5.32 Å². The van der Waals surface area contributed by atoms with Gasteiger partial charge in [-0.15, -0.1) is 0 Å². The van der Waals surface area contributed by atoms with Crippen LogP contribution in [0.1, 0.15) is 24.7 Å². The second-order valence-corrected chi connectivity index (χ2v) is 4.87. The van der Waals surface area contributed by atoms with Gasteiger partial charge in [-0.3, -0.25) is 4.68 Å². The second-order valence-electron chi connectivity index (χ2n) is 4.87. The number of aromatic nitrogens is 2. The number of nitrogens with zero attached hydrogens (tertiary/aromatic N) is 2. The van der Waals surface area contributed by atoms with Gasteiger partial charge in [0.2, 0.25) is 0 Å². The van der Waals surface area contributed by atoms with Gasteiger partial charge in [0.05, 0.1) is 17.5 Å². The summed E-state index contributed by atoms with van der Waals surface area (Å²) in [5, 5.41) is 17.9. The van der Waals surface area contributed by atoms with Gasteiger partial charge < -0.3 is 15.2 Å². The Labute approximate surface area is 102 Å². The molecule has 5 heteroatoms. The van der Waals surface area contributed by atoms with E-state index in [9.17, 15) is 5.11 Å². The highest BCUT2D eigenvalue weighted by molar-refractivity contribution is 5.08. The van der Waals surface area contributed by atoms with Gasteiger partial charge in [0.15, 0.2) is 0 Å². The van der Waals surface area contributed by atoms with Crippen molar-refractivity contribution >= 4 is 0 Å². The third-order valence-corrected chi connectivity index (χ3v) is 3.50. The van der Waals surface area contributed by atoms with Gasteiger partial charge in [-0.05, 0) is 19.9 Å². The van der Waals surface area contributed by atoms with Gasteiger partial charge in [-0.2, -0.15) is 5.10 Å². The molecule has 2 unspecified atom stereocenters. The van der Waals surface area contributed by atoms with Gasteiger partial charge in [-0.1, -0.05) is 0 Å². The van der Waals surface area contributed by atoms with E-state index in [4.69, 9.17) is 4.74 Å². The molecule has 1 aromatic rings. The Morgan fingerprint density at radius 3 is 3.00 bits per heavy atom. The SMILES string of the molecule is Cc1cc(CNCC2(O)CCOC2C)n(C)n1. The highest BCUT2D eigenvalue weighted by Crippen LogP contribution is 2.24. The lowest BCUT2D eigenvalue weighted by molar-refractivity contribution is -0.0263. The maximum Gasteiger partial charge on any atom is 0.105 e. The number of ether oxygens (including phenoxy) is 1. The molecule has 1 aliphatic heterocycles. The van der Waals surface area contributed by atoms with Gasteiger partial charge in [-0.25, -0.2) is 0 Å². The molecular formula is C12H21N3O2. The van der Waals surface area contributed by atoms with Crippen molar-refractivity contribution in [2.24, 2.45) is 7.05 Å². The summed E-state index contributed by atoms with van der Waals surface area (Å²) in [5.74, 6) is 0. The maximum atomic E-state index is 10.3. The Hall–Kier alpha value is -0.910. The monoisotopic (exact) mass is 239 g/mol. The van der Waals surface area contributed by atoms with Crippen LogP contribution in [0.25, 0.3) is 0 Å². The number of hydrogen-bond donors (Lipinski definition) is 2. The molecule has 2 rings (SSSR count). The van der Waals surface area contributed by atoms with Crippen LogP contribution in [0, 0.1) is 6.92 Å². The smallest absolute Gasteiger partial charge is 0.105 e. The van der Waals surface area contributed by atoms with Crippen molar-refractivity contribution in [1.29, 1.82) is 0 Å². The van der Waals surface area contributed by atoms with Crippen LogP contribution in [-0.2, 0) is 18.3 Å². The van der Waals surface area contributed by atoms with Crippen molar-refractivity contribution in [1.82, 2.24) is 15.1 Å². The quantitative estimate of drug-likeness (QED) is 0.796. The zero-order valence-corrected chi connectivity index (χ0v) is 10.7. The molecule has 2 heterocycles. The molecule has 1 saturated heterocycles. The summed E-state index contributed by atoms with van der Waals surface area (Å²) in [4.78, 5) is 0. The maximum absolute atomic E-state index is 10.3. The van der Waals surface area contributed by atoms with Gasteiger partial charge in [0, 0.05) is 33.2 Å². The molecule has 5 nitrogen and oxygen atoms in total. The van der Waals surface area contributed by atoms with Gasteiger partial charge in [0.1, 0.15) is 5.60 Å². The largest absolute Gasteiger partial charge is 0.386 e. The van der Waals surface area contributed by atoms with Crippen LogP contribution in [0.3, 0.4) is 0 Å². The lowest BCUT2D eigenvalue weighted by atomic mass is 9.97. The first-order valence-electron chi connectivity index (χ1n) is 6.05. The zero-order valence-electron chi connectivity index (χ0n) is 10.7. The third kappa shape index (κ3) is 2.68. The van der Waals surface area contributed by atoms with E-state index in [-0.39, 0.29) is 6.10 Å². The predicted molar refractivity (Wildman–Crippen MR) is 64.6 cm³/mol. The topological polar surface area (TPSA) is 59.3 Å². The van der Waals surface area contributed by atoms with E-state index in [1.165, 1.54) is 0 Å². The Bertz CT molecular complexity index is 391. The normalized spacial score (nSPS) is 28.8. The van der Waals surface area contributed by atoms with Crippen molar-refractivity contribution in [3.05, 3.63) is 17.5 Å². The summed E-state index contributed by atoms with van der Waals surface area (Å²) in [6.07, 6.45) is 0.606. The molecule has 2 N–H and O–H groups in total. The van der Waals surface area contributed by atoms with E-state index in [0.717, 1.165) is 11.4 Å². The minimum absolute atomic E-state index is 0.0942. The summed E-state index contributed by atoms with van der Waals surface area (Å²) < 4.78 is 7.25. The lowest BCUT2D eigenvalue weighted by Gasteiger charge is -2.26. The van der Waals surface area contributed by atoms with E-state index < -0.39 is 5.60 Å². The summed E-state index contributed by atoms with van der Waals surface area (Å²) in [6, 6.07) is 2.05. The molecular weight excluding hydrogens is 218 g/mol. The number of rotatable bonds is 4. The van der Waals surface area contributed by atoms with Crippen molar-refractivity contribution in [3.8, 4) is 0 Å². The van der Waals surface area contributed by atoms with Crippen LogP contribution in [0.2, 0.25) is 0 Å². The number of aryl methyl sites for hydroxylation is 2. The number of nitrogens with one attached hydrogen (secondary N) is 1. The standard InChI is InChI=1S/C12H21N3O2/c1-9-6-11(15(3)14-9)7-13-8-12(16)4-5-17-10(12)2/h6,10,13,16H,4-5,7-8H2,1-3H3. The predicted octanol–water partition coefficient (Wildman–Crippen LogP) is 0.358. The Morgan fingerprint density at radius 2 is 2.47 bits per heavy atom. The summed E-state index contributed by atoms with van der Waals surface area (Å²) >= 11 is 0. The highest BCUT2D eigenvalue weighted by Gasteiger charge is 2.38. The summed E-state index contributed by atoms with van der Waals surface area (Å²) in [7, 11) is 1.93. The lowest BCUT2D eigenvalue weighted by Crippen LogP contribution is -2.45. The number of hydrogen-bond acceptors (Lipinski definition) is 4. The molecule has 0 saturated carbocycles. The molecule has 1 aliphatic rings. The first kappa shape index (κ1) is 12.5. The fourth-order valence-electron chi connectivity index (χ4n) is 2.24. The van der Waals surface area contributed by atoms with Crippen LogP contribution in [-0.4, -0.2) is 39.7 Å². The molecule has 96 valence electrons. The molecule has 0 amide bonds. The minimum atomic E-state index is -0.729. The Kier molecular flexibility index (Phi) is 3.51. The minimum Gasteiger partial charge on any atom is -0.386 e. The molecule has 1 aromatic heterocycles. The van der Waals surface area contributed by atoms with Gasteiger partial charge >= 0.3 is 0 Å². The second kappa shape index (κ2) is 4.76. The summed E-state index contributed by atoms with van der Waals surface area (Å²) in [5.41, 5.74) is 1.41. The highest BCUT2D eigenvalue weighted by atomic mass is 16.5. The van der Waals surface area contributed by atoms with E-state index >= 15 is 0 Å². The van der Waals surface area contributed by atoms with Crippen LogP contribution in [0.15, 0.2) is 6.07 Å². The molecule has 17 heavy (non-hydrogen) atoms. The van der Waals surface area contributed by atoms with Crippen molar-refractivity contribution < 1.29 is 9.84 Å². The van der Waals surface area contributed by atoms with E-state index in [1.807, 2.05) is 31.6 Å². The van der Waals surface area contributed by atoms with Crippen LogP contribution in [0.5, 0.6) is 0 Å². The fraction of sp³-hybridized carbons (Fsp3) is 0.750. The first-order chi connectivity index (χ1) is 8.01. The van der Waals surface area contributed by atoms with E-state index in [1.54, 1.807) is 0 Å². The molecule has 2 atom stereocenters. The van der Waals surface area contributed by atoms with Crippen molar-refractivity contribution in [3.63, 3.8) is 0 Å². The molecule has 0 spiro atoms. The number of aliphatic hydroxyl groups is 1. The molecule has 0 radical (unpaired) electrons. The molecule has 1 fully saturated rings. The van der Waals surface area contributed by atoms with Crippen LogP contribution >= 0.6 is 0 Å². The fourth-order valence-corrected chi connectivity index (χ4v) is 2.24. The van der Waals surface area contributed by atoms with Crippen molar-refractivity contribution in [2.45, 2.75) is 38.5 Å². The Balaban J connectivity index is 1.85. The van der Waals surface area contributed by atoms with Crippen molar-refractivity contribution in [2.75, 3.05) is 13.2 Å². The molecule has 0 bridgehead atoms. The summed E-state index contributed by atoms with van der Waals surface area (Å²) in [6.45, 7) is 5.81.